The quantitative estimate of drug-likeness (QED) is 0.783. The number of alkyl halides is 1. The van der Waals surface area contributed by atoms with Gasteiger partial charge in [0, 0.05) is 21.7 Å². The van der Waals surface area contributed by atoms with Crippen LogP contribution in [0.25, 0.3) is 10.8 Å². The van der Waals surface area contributed by atoms with Crippen LogP contribution in [0.1, 0.15) is 0 Å². The maximum absolute atomic E-state index is 11.6. The highest BCUT2D eigenvalue weighted by atomic mass is 79.9. The fourth-order valence-corrected chi connectivity index (χ4v) is 2.37. The minimum atomic E-state index is -0.193. The van der Waals surface area contributed by atoms with Crippen molar-refractivity contribution >= 4 is 54.4 Å². The fourth-order valence-electron chi connectivity index (χ4n) is 1.70. The Morgan fingerprint density at radius 1 is 1.11 bits per heavy atom. The zero-order chi connectivity index (χ0) is 13.0. The maximum atomic E-state index is 11.6. The molecule has 2 N–H and O–H groups in total. The number of anilines is 1. The molecule has 2 aromatic rings. The van der Waals surface area contributed by atoms with E-state index in [9.17, 15) is 4.79 Å². The second-order valence-electron chi connectivity index (χ2n) is 3.71. The van der Waals surface area contributed by atoms with Crippen LogP contribution in [0, 0.1) is 0 Å². The van der Waals surface area contributed by atoms with Gasteiger partial charge < -0.3 is 10.6 Å². The summed E-state index contributed by atoms with van der Waals surface area (Å²) in [5, 5.41) is 8.44. The molecule has 0 radical (unpaired) electrons. The van der Waals surface area contributed by atoms with Gasteiger partial charge in [0.15, 0.2) is 0 Å². The van der Waals surface area contributed by atoms with Crippen molar-refractivity contribution in [1.29, 1.82) is 0 Å². The van der Waals surface area contributed by atoms with Gasteiger partial charge in [-0.2, -0.15) is 0 Å². The highest BCUT2D eigenvalue weighted by Gasteiger charge is 2.06. The third-order valence-electron chi connectivity index (χ3n) is 2.50. The molecule has 2 rings (SSSR count). The number of rotatable bonds is 3. The summed E-state index contributed by atoms with van der Waals surface area (Å²) in [6, 6.07) is 11.6. The van der Waals surface area contributed by atoms with Crippen LogP contribution in [0.4, 0.5) is 10.5 Å². The van der Waals surface area contributed by atoms with Crippen LogP contribution in [0.15, 0.2) is 40.9 Å². The van der Waals surface area contributed by atoms with Crippen LogP contribution in [-0.2, 0) is 0 Å². The number of benzene rings is 2. The zero-order valence-corrected chi connectivity index (χ0v) is 12.7. The number of fused-ring (bicyclic) bond motifs is 1. The number of nitrogens with one attached hydrogen (secondary N) is 2. The molecule has 0 aliphatic heterocycles. The first-order valence-corrected chi connectivity index (χ1v) is 7.42. The van der Waals surface area contributed by atoms with Gasteiger partial charge in [-0.3, -0.25) is 0 Å². The molecule has 2 aromatic carbocycles. The highest BCUT2D eigenvalue weighted by molar-refractivity contribution is 9.10. The van der Waals surface area contributed by atoms with Gasteiger partial charge in [-0.05, 0) is 17.5 Å². The molecule has 2 amide bonds. The summed E-state index contributed by atoms with van der Waals surface area (Å²) in [4.78, 5) is 11.6. The summed E-state index contributed by atoms with van der Waals surface area (Å²) < 4.78 is 1.02. The highest BCUT2D eigenvalue weighted by Crippen LogP contribution is 2.29. The number of carbonyl (C=O) groups is 1. The average molecular weight is 372 g/mol. The standard InChI is InChI=1S/C13H12Br2N2O/c14-7-8-16-13(18)17-12-6-5-11(15)9-3-1-2-4-10(9)12/h1-6H,7-8H2,(H2,16,17,18). The first-order chi connectivity index (χ1) is 8.72. The summed E-state index contributed by atoms with van der Waals surface area (Å²) in [6.07, 6.45) is 0. The number of halogens is 2. The molecule has 0 atom stereocenters. The van der Waals surface area contributed by atoms with E-state index in [1.165, 1.54) is 0 Å². The van der Waals surface area contributed by atoms with Crippen LogP contribution in [0.2, 0.25) is 0 Å². The van der Waals surface area contributed by atoms with E-state index in [0.29, 0.717) is 6.54 Å². The number of hydrogen-bond donors (Lipinski definition) is 2. The van der Waals surface area contributed by atoms with Gasteiger partial charge in [-0.1, -0.05) is 56.1 Å². The largest absolute Gasteiger partial charge is 0.337 e. The molecule has 0 unspecified atom stereocenters. The predicted octanol–water partition coefficient (Wildman–Crippen LogP) is 4.12. The van der Waals surface area contributed by atoms with Gasteiger partial charge in [0.1, 0.15) is 0 Å². The third kappa shape index (κ3) is 3.03. The average Bonchev–Trinajstić information content (AvgIpc) is 2.40. The maximum Gasteiger partial charge on any atom is 0.319 e. The molecular formula is C13H12Br2N2O. The summed E-state index contributed by atoms with van der Waals surface area (Å²) in [6.45, 7) is 0.598. The Kier molecular flexibility index (Phi) is 4.60. The lowest BCUT2D eigenvalue weighted by Crippen LogP contribution is -2.30. The molecule has 0 aliphatic carbocycles. The number of urea groups is 1. The monoisotopic (exact) mass is 370 g/mol. The van der Waals surface area contributed by atoms with Crippen molar-refractivity contribution in [2.24, 2.45) is 0 Å². The van der Waals surface area contributed by atoms with E-state index < -0.39 is 0 Å². The molecule has 0 heterocycles. The van der Waals surface area contributed by atoms with E-state index in [0.717, 1.165) is 26.3 Å². The zero-order valence-electron chi connectivity index (χ0n) is 9.54. The molecule has 0 aromatic heterocycles. The van der Waals surface area contributed by atoms with E-state index >= 15 is 0 Å². The lowest BCUT2D eigenvalue weighted by atomic mass is 10.1. The smallest absolute Gasteiger partial charge is 0.319 e. The Morgan fingerprint density at radius 2 is 1.83 bits per heavy atom. The second-order valence-corrected chi connectivity index (χ2v) is 5.36. The van der Waals surface area contributed by atoms with Crippen molar-refractivity contribution in [1.82, 2.24) is 5.32 Å². The molecule has 0 aliphatic rings. The molecular weight excluding hydrogens is 360 g/mol. The van der Waals surface area contributed by atoms with Crippen molar-refractivity contribution in [3.63, 3.8) is 0 Å². The predicted molar refractivity (Wildman–Crippen MR) is 82.5 cm³/mol. The van der Waals surface area contributed by atoms with Crippen molar-refractivity contribution < 1.29 is 4.79 Å². The Morgan fingerprint density at radius 3 is 2.56 bits per heavy atom. The van der Waals surface area contributed by atoms with E-state index in [1.54, 1.807) is 0 Å². The van der Waals surface area contributed by atoms with Crippen LogP contribution in [0.3, 0.4) is 0 Å². The molecule has 5 heteroatoms. The lowest BCUT2D eigenvalue weighted by molar-refractivity contribution is 0.252. The molecule has 0 fully saturated rings. The Bertz CT molecular complexity index is 572. The first-order valence-electron chi connectivity index (χ1n) is 5.50. The molecule has 0 saturated carbocycles. The fraction of sp³-hybridized carbons (Fsp3) is 0.154. The van der Waals surface area contributed by atoms with Crippen molar-refractivity contribution in [2.45, 2.75) is 0 Å². The Hall–Kier alpha value is -1.07. The topological polar surface area (TPSA) is 41.1 Å². The molecule has 18 heavy (non-hydrogen) atoms. The first kappa shape index (κ1) is 13.4. The van der Waals surface area contributed by atoms with Crippen molar-refractivity contribution in [2.75, 3.05) is 17.2 Å². The summed E-state index contributed by atoms with van der Waals surface area (Å²) in [7, 11) is 0. The normalized spacial score (nSPS) is 10.3. The van der Waals surface area contributed by atoms with Gasteiger partial charge in [-0.15, -0.1) is 0 Å². The van der Waals surface area contributed by atoms with Crippen LogP contribution in [-0.4, -0.2) is 17.9 Å². The molecule has 0 bridgehead atoms. The van der Waals surface area contributed by atoms with Crippen LogP contribution >= 0.6 is 31.9 Å². The van der Waals surface area contributed by atoms with E-state index in [-0.39, 0.29) is 6.03 Å². The van der Waals surface area contributed by atoms with E-state index in [2.05, 4.69) is 42.5 Å². The minimum absolute atomic E-state index is 0.193. The van der Waals surface area contributed by atoms with Crippen molar-refractivity contribution in [3.05, 3.63) is 40.9 Å². The Labute approximate surface area is 122 Å². The van der Waals surface area contributed by atoms with Crippen LogP contribution in [0.5, 0.6) is 0 Å². The summed E-state index contributed by atoms with van der Waals surface area (Å²) >= 11 is 6.77. The summed E-state index contributed by atoms with van der Waals surface area (Å²) in [5.74, 6) is 0. The number of amides is 2. The summed E-state index contributed by atoms with van der Waals surface area (Å²) in [5.41, 5.74) is 0.806. The molecule has 3 nitrogen and oxygen atoms in total. The Balaban J connectivity index is 2.29. The molecule has 94 valence electrons. The van der Waals surface area contributed by atoms with E-state index in [4.69, 9.17) is 0 Å². The van der Waals surface area contributed by atoms with Gasteiger partial charge in [0.25, 0.3) is 0 Å². The minimum Gasteiger partial charge on any atom is -0.337 e. The van der Waals surface area contributed by atoms with Crippen molar-refractivity contribution in [3.8, 4) is 0 Å². The van der Waals surface area contributed by atoms with Gasteiger partial charge in [0.2, 0.25) is 0 Å². The second kappa shape index (κ2) is 6.20. The molecule has 0 saturated heterocycles. The van der Waals surface area contributed by atoms with E-state index in [1.807, 2.05) is 36.4 Å². The van der Waals surface area contributed by atoms with Gasteiger partial charge in [-0.25, -0.2) is 4.79 Å². The number of hydrogen-bond acceptors (Lipinski definition) is 1. The third-order valence-corrected chi connectivity index (χ3v) is 3.59. The van der Waals surface area contributed by atoms with Crippen LogP contribution < -0.4 is 10.6 Å². The SMILES string of the molecule is O=C(NCCBr)Nc1ccc(Br)c2ccccc12. The van der Waals surface area contributed by atoms with Gasteiger partial charge >= 0.3 is 6.03 Å². The molecule has 0 spiro atoms. The number of carbonyl (C=O) groups excluding carboxylic acids is 1. The lowest BCUT2D eigenvalue weighted by Gasteiger charge is -2.10. The van der Waals surface area contributed by atoms with Gasteiger partial charge in [0.05, 0.1) is 5.69 Å².